The van der Waals surface area contributed by atoms with E-state index in [4.69, 9.17) is 4.74 Å². The number of nitrogens with one attached hydrogen (secondary N) is 1. The summed E-state index contributed by atoms with van der Waals surface area (Å²) in [5, 5.41) is 5.32. The van der Waals surface area contributed by atoms with Crippen molar-refractivity contribution in [3.05, 3.63) is 95.6 Å². The molecule has 28 heavy (non-hydrogen) atoms. The van der Waals surface area contributed by atoms with Crippen molar-refractivity contribution in [2.24, 2.45) is 0 Å². The van der Waals surface area contributed by atoms with Crippen molar-refractivity contribution in [2.75, 3.05) is 5.32 Å². The molecule has 0 bridgehead atoms. The zero-order chi connectivity index (χ0) is 19.2. The zero-order valence-electron chi connectivity index (χ0n) is 14.9. The van der Waals surface area contributed by atoms with Crippen LogP contribution in [0.25, 0.3) is 11.3 Å². The van der Waals surface area contributed by atoms with Crippen LogP contribution in [0.3, 0.4) is 0 Å². The molecule has 0 aliphatic heterocycles. The molecule has 0 spiro atoms. The van der Waals surface area contributed by atoms with Gasteiger partial charge in [-0.1, -0.05) is 30.3 Å². The van der Waals surface area contributed by atoms with E-state index in [-0.39, 0.29) is 5.91 Å². The number of thiazole rings is 1. The SMILES string of the molecule is O=C(Nc1nc(-c2ccncc2)cs1)c1ccc(COc2ccccc2)cc1. The van der Waals surface area contributed by atoms with Crippen LogP contribution in [0.1, 0.15) is 15.9 Å². The molecule has 0 aliphatic rings. The van der Waals surface area contributed by atoms with Gasteiger partial charge in [-0.25, -0.2) is 4.98 Å². The smallest absolute Gasteiger partial charge is 0.257 e. The van der Waals surface area contributed by atoms with Crippen molar-refractivity contribution in [3.8, 4) is 17.0 Å². The Kier molecular flexibility index (Phi) is 5.40. The van der Waals surface area contributed by atoms with Gasteiger partial charge in [-0.05, 0) is 42.0 Å². The number of nitrogens with zero attached hydrogens (tertiary/aromatic N) is 2. The fourth-order valence-corrected chi connectivity index (χ4v) is 3.31. The molecule has 0 unspecified atom stereocenters. The van der Waals surface area contributed by atoms with Crippen LogP contribution < -0.4 is 10.1 Å². The largest absolute Gasteiger partial charge is 0.489 e. The minimum atomic E-state index is -0.189. The second-order valence-electron chi connectivity index (χ2n) is 6.03. The monoisotopic (exact) mass is 387 g/mol. The molecule has 0 atom stereocenters. The maximum atomic E-state index is 12.5. The number of hydrogen-bond acceptors (Lipinski definition) is 5. The van der Waals surface area contributed by atoms with Crippen LogP contribution >= 0.6 is 11.3 Å². The molecule has 0 aliphatic carbocycles. The first kappa shape index (κ1) is 17.9. The van der Waals surface area contributed by atoms with E-state index in [1.165, 1.54) is 11.3 Å². The van der Waals surface area contributed by atoms with E-state index in [0.29, 0.717) is 17.3 Å². The molecule has 138 valence electrons. The van der Waals surface area contributed by atoms with Crippen molar-refractivity contribution in [3.63, 3.8) is 0 Å². The van der Waals surface area contributed by atoms with Crippen LogP contribution in [-0.4, -0.2) is 15.9 Å². The molecule has 0 radical (unpaired) electrons. The summed E-state index contributed by atoms with van der Waals surface area (Å²) in [5.74, 6) is 0.629. The summed E-state index contributed by atoms with van der Waals surface area (Å²) in [5.41, 5.74) is 3.35. The average molecular weight is 387 g/mol. The van der Waals surface area contributed by atoms with Gasteiger partial charge in [0.25, 0.3) is 5.91 Å². The third kappa shape index (κ3) is 4.42. The lowest BCUT2D eigenvalue weighted by atomic mass is 10.1. The molecule has 4 rings (SSSR count). The molecule has 6 heteroatoms. The summed E-state index contributed by atoms with van der Waals surface area (Å²) >= 11 is 1.39. The van der Waals surface area contributed by atoms with Gasteiger partial charge in [-0.2, -0.15) is 0 Å². The number of carbonyl (C=O) groups excluding carboxylic acids is 1. The molecule has 0 fully saturated rings. The summed E-state index contributed by atoms with van der Waals surface area (Å²) in [6.45, 7) is 0.452. The van der Waals surface area contributed by atoms with E-state index in [0.717, 1.165) is 22.6 Å². The third-order valence-electron chi connectivity index (χ3n) is 4.07. The molecular weight excluding hydrogens is 370 g/mol. The summed E-state index contributed by atoms with van der Waals surface area (Å²) in [6, 6.07) is 20.8. The van der Waals surface area contributed by atoms with E-state index in [9.17, 15) is 4.79 Å². The second kappa shape index (κ2) is 8.45. The van der Waals surface area contributed by atoms with Gasteiger partial charge in [-0.3, -0.25) is 15.1 Å². The van der Waals surface area contributed by atoms with Crippen LogP contribution in [0.15, 0.2) is 84.5 Å². The Morgan fingerprint density at radius 2 is 1.71 bits per heavy atom. The van der Waals surface area contributed by atoms with Gasteiger partial charge in [-0.15, -0.1) is 11.3 Å². The number of rotatable bonds is 6. The fourth-order valence-electron chi connectivity index (χ4n) is 2.59. The van der Waals surface area contributed by atoms with E-state index >= 15 is 0 Å². The molecule has 2 aromatic heterocycles. The lowest BCUT2D eigenvalue weighted by Gasteiger charge is -2.07. The maximum absolute atomic E-state index is 12.5. The Balaban J connectivity index is 1.37. The third-order valence-corrected chi connectivity index (χ3v) is 4.82. The van der Waals surface area contributed by atoms with Gasteiger partial charge in [0, 0.05) is 28.9 Å². The van der Waals surface area contributed by atoms with E-state index < -0.39 is 0 Å². The number of pyridine rings is 1. The topological polar surface area (TPSA) is 64.1 Å². The summed E-state index contributed by atoms with van der Waals surface area (Å²) in [7, 11) is 0. The Morgan fingerprint density at radius 3 is 2.46 bits per heavy atom. The van der Waals surface area contributed by atoms with Crippen molar-refractivity contribution >= 4 is 22.4 Å². The number of para-hydroxylation sites is 1. The van der Waals surface area contributed by atoms with Crippen LogP contribution in [0.4, 0.5) is 5.13 Å². The zero-order valence-corrected chi connectivity index (χ0v) is 15.7. The molecule has 4 aromatic rings. The average Bonchev–Trinajstić information content (AvgIpc) is 3.22. The highest BCUT2D eigenvalue weighted by Gasteiger charge is 2.10. The molecule has 5 nitrogen and oxygen atoms in total. The highest BCUT2D eigenvalue weighted by Crippen LogP contribution is 2.24. The van der Waals surface area contributed by atoms with Gasteiger partial charge >= 0.3 is 0 Å². The van der Waals surface area contributed by atoms with E-state index in [2.05, 4.69) is 15.3 Å². The highest BCUT2D eigenvalue weighted by molar-refractivity contribution is 7.14. The maximum Gasteiger partial charge on any atom is 0.257 e. The second-order valence-corrected chi connectivity index (χ2v) is 6.88. The van der Waals surface area contributed by atoms with Crippen molar-refractivity contribution in [1.29, 1.82) is 0 Å². The molecule has 2 heterocycles. The van der Waals surface area contributed by atoms with Crippen molar-refractivity contribution < 1.29 is 9.53 Å². The Hall–Kier alpha value is -3.51. The van der Waals surface area contributed by atoms with Gasteiger partial charge in [0.05, 0.1) is 5.69 Å². The fraction of sp³-hybridized carbons (Fsp3) is 0.0455. The Morgan fingerprint density at radius 1 is 0.964 bits per heavy atom. The molecule has 0 saturated carbocycles. The van der Waals surface area contributed by atoms with Gasteiger partial charge in [0.15, 0.2) is 5.13 Å². The van der Waals surface area contributed by atoms with Crippen LogP contribution in [0, 0.1) is 0 Å². The summed E-state index contributed by atoms with van der Waals surface area (Å²) in [6.07, 6.45) is 3.44. The van der Waals surface area contributed by atoms with Gasteiger partial charge in [0.1, 0.15) is 12.4 Å². The quantitative estimate of drug-likeness (QED) is 0.504. The molecule has 1 N–H and O–H groups in total. The molecular formula is C22H17N3O2S. The first-order valence-electron chi connectivity index (χ1n) is 8.72. The standard InChI is InChI=1S/C22H17N3O2S/c26-21(25-22-24-20(15-28-22)17-10-12-23-13-11-17)18-8-6-16(7-9-18)14-27-19-4-2-1-3-5-19/h1-13,15H,14H2,(H,24,25,26). The Bertz CT molecular complexity index is 1050. The lowest BCUT2D eigenvalue weighted by Crippen LogP contribution is -2.11. The summed E-state index contributed by atoms with van der Waals surface area (Å²) < 4.78 is 5.72. The molecule has 2 aromatic carbocycles. The number of ether oxygens (including phenoxy) is 1. The molecule has 0 saturated heterocycles. The minimum Gasteiger partial charge on any atom is -0.489 e. The first-order chi connectivity index (χ1) is 13.8. The highest BCUT2D eigenvalue weighted by atomic mass is 32.1. The first-order valence-corrected chi connectivity index (χ1v) is 9.60. The normalized spacial score (nSPS) is 10.4. The molecule has 1 amide bonds. The minimum absolute atomic E-state index is 0.189. The predicted octanol–water partition coefficient (Wildman–Crippen LogP) is 5.04. The lowest BCUT2D eigenvalue weighted by molar-refractivity contribution is 0.102. The van der Waals surface area contributed by atoms with Gasteiger partial charge in [0.2, 0.25) is 0 Å². The number of hydrogen-bond donors (Lipinski definition) is 1. The van der Waals surface area contributed by atoms with Crippen LogP contribution in [-0.2, 0) is 6.61 Å². The van der Waals surface area contributed by atoms with Crippen molar-refractivity contribution in [1.82, 2.24) is 9.97 Å². The number of carbonyl (C=O) groups is 1. The van der Waals surface area contributed by atoms with Crippen LogP contribution in [0.5, 0.6) is 5.75 Å². The van der Waals surface area contributed by atoms with Crippen LogP contribution in [0.2, 0.25) is 0 Å². The van der Waals surface area contributed by atoms with E-state index in [1.807, 2.05) is 60.0 Å². The van der Waals surface area contributed by atoms with Gasteiger partial charge < -0.3 is 4.74 Å². The number of anilines is 1. The van der Waals surface area contributed by atoms with E-state index in [1.54, 1.807) is 24.5 Å². The number of benzene rings is 2. The van der Waals surface area contributed by atoms with Crippen molar-refractivity contribution in [2.45, 2.75) is 6.61 Å². The predicted molar refractivity (Wildman–Crippen MR) is 111 cm³/mol. The number of amides is 1. The number of aromatic nitrogens is 2. The Labute approximate surface area is 166 Å². The summed E-state index contributed by atoms with van der Waals surface area (Å²) in [4.78, 5) is 20.9.